The second kappa shape index (κ2) is 9.12. The normalized spacial score (nSPS) is 13.7. The summed E-state index contributed by atoms with van der Waals surface area (Å²) in [6.45, 7) is 0.534. The van der Waals surface area contributed by atoms with E-state index in [1.807, 2.05) is 24.3 Å². The first-order valence-corrected chi connectivity index (χ1v) is 12.5. The van der Waals surface area contributed by atoms with Crippen molar-refractivity contribution in [1.29, 1.82) is 0 Å². The number of carbonyl (C=O) groups is 1. The van der Waals surface area contributed by atoms with Crippen LogP contribution in [0.2, 0.25) is 0 Å². The molecule has 9 nitrogen and oxygen atoms in total. The Balaban J connectivity index is 1.36. The van der Waals surface area contributed by atoms with Gasteiger partial charge in [0.2, 0.25) is 15.9 Å². The predicted octanol–water partition coefficient (Wildman–Crippen LogP) is 4.02. The molecule has 3 aromatic carbocycles. The molecule has 1 aliphatic rings. The minimum Gasteiger partial charge on any atom is -0.495 e. The number of amides is 1. The first-order valence-electron chi connectivity index (χ1n) is 11.0. The third-order valence-corrected chi connectivity index (χ3v) is 7.57. The summed E-state index contributed by atoms with van der Waals surface area (Å²) in [5.74, 6) is 0.769. The summed E-state index contributed by atoms with van der Waals surface area (Å²) in [7, 11) is -1.11. The first kappa shape index (κ1) is 23.0. The number of fused-ring (bicyclic) bond motifs is 4. The van der Waals surface area contributed by atoms with E-state index in [1.54, 1.807) is 18.2 Å². The number of methoxy groups -OCH3 is 1. The molecular formula is C25H24N2O7S. The molecule has 0 atom stereocenters. The van der Waals surface area contributed by atoms with Crippen molar-refractivity contribution < 1.29 is 31.8 Å². The molecule has 0 spiro atoms. The molecule has 1 N–H and O–H groups in total. The minimum atomic E-state index is -3.95. The van der Waals surface area contributed by atoms with E-state index in [1.165, 1.54) is 26.3 Å². The number of benzene rings is 3. The maximum absolute atomic E-state index is 13.1. The summed E-state index contributed by atoms with van der Waals surface area (Å²) in [6, 6.07) is 15.5. The van der Waals surface area contributed by atoms with Crippen LogP contribution in [0.4, 0.5) is 5.69 Å². The van der Waals surface area contributed by atoms with E-state index in [0.717, 1.165) is 15.1 Å². The lowest BCUT2D eigenvalue weighted by Crippen LogP contribution is -2.35. The summed E-state index contributed by atoms with van der Waals surface area (Å²) >= 11 is 0. The van der Waals surface area contributed by atoms with Crippen LogP contribution in [0, 0.1) is 0 Å². The lowest BCUT2D eigenvalue weighted by molar-refractivity contribution is -0.116. The van der Waals surface area contributed by atoms with E-state index >= 15 is 0 Å². The molecule has 35 heavy (non-hydrogen) atoms. The smallest absolute Gasteiger partial charge is 0.243 e. The van der Waals surface area contributed by atoms with Gasteiger partial charge in [-0.1, -0.05) is 18.2 Å². The zero-order valence-corrected chi connectivity index (χ0v) is 20.1. The Morgan fingerprint density at radius 1 is 1.00 bits per heavy atom. The largest absolute Gasteiger partial charge is 0.495 e. The fourth-order valence-electron chi connectivity index (χ4n) is 3.98. The second-order valence-corrected chi connectivity index (χ2v) is 10.2. The van der Waals surface area contributed by atoms with Crippen molar-refractivity contribution in [2.24, 2.45) is 0 Å². The third kappa shape index (κ3) is 4.38. The molecule has 1 amide bonds. The maximum Gasteiger partial charge on any atom is 0.243 e. The molecule has 2 heterocycles. The van der Waals surface area contributed by atoms with E-state index in [0.29, 0.717) is 53.7 Å². The molecule has 0 bridgehead atoms. The van der Waals surface area contributed by atoms with Gasteiger partial charge in [0, 0.05) is 36.4 Å². The van der Waals surface area contributed by atoms with Gasteiger partial charge < -0.3 is 23.9 Å². The summed E-state index contributed by atoms with van der Waals surface area (Å²) in [5.41, 5.74) is 1.68. The van der Waals surface area contributed by atoms with Crippen LogP contribution in [-0.2, 0) is 14.8 Å². The Labute approximate surface area is 202 Å². The Hall–Kier alpha value is -3.76. The van der Waals surface area contributed by atoms with Gasteiger partial charge in [-0.15, -0.1) is 0 Å². The lowest BCUT2D eigenvalue weighted by Gasteiger charge is -2.18. The Bertz CT molecular complexity index is 1530. The second-order valence-electron chi connectivity index (χ2n) is 8.12. The van der Waals surface area contributed by atoms with Crippen molar-refractivity contribution >= 4 is 43.6 Å². The van der Waals surface area contributed by atoms with E-state index < -0.39 is 22.5 Å². The van der Waals surface area contributed by atoms with Crippen LogP contribution in [0.3, 0.4) is 0 Å². The highest BCUT2D eigenvalue weighted by atomic mass is 32.2. The summed E-state index contributed by atoms with van der Waals surface area (Å²) in [5, 5.41) is 4.52. The number of nitrogens with zero attached hydrogens (tertiary/aromatic N) is 1. The topological polar surface area (TPSA) is 107 Å². The van der Waals surface area contributed by atoms with Crippen LogP contribution < -0.4 is 19.5 Å². The molecule has 0 aliphatic carbocycles. The molecule has 0 saturated carbocycles. The number of carbonyl (C=O) groups excluding carboxylic acids is 1. The average molecular weight is 497 g/mol. The first-order chi connectivity index (χ1) is 16.9. The summed E-state index contributed by atoms with van der Waals surface area (Å²) in [6.07, 6.45) is 0.708. The van der Waals surface area contributed by atoms with Crippen molar-refractivity contribution in [2.45, 2.75) is 11.3 Å². The van der Waals surface area contributed by atoms with Crippen molar-refractivity contribution in [1.82, 2.24) is 4.31 Å². The number of likely N-dealkylation sites (N-methyl/N-ethyl adjacent to an activating group) is 1. The highest BCUT2D eigenvalue weighted by molar-refractivity contribution is 7.89. The van der Waals surface area contributed by atoms with E-state index in [9.17, 15) is 13.2 Å². The highest BCUT2D eigenvalue weighted by Crippen LogP contribution is 2.36. The average Bonchev–Trinajstić information content (AvgIpc) is 3.03. The van der Waals surface area contributed by atoms with Gasteiger partial charge in [0.25, 0.3) is 0 Å². The molecule has 1 aliphatic heterocycles. The quantitative estimate of drug-likeness (QED) is 0.430. The van der Waals surface area contributed by atoms with Gasteiger partial charge in [0.15, 0.2) is 11.5 Å². The van der Waals surface area contributed by atoms with Gasteiger partial charge in [-0.05, 0) is 24.3 Å². The van der Waals surface area contributed by atoms with Gasteiger partial charge in [0.1, 0.15) is 16.9 Å². The number of hydrogen-bond donors (Lipinski definition) is 1. The highest BCUT2D eigenvalue weighted by Gasteiger charge is 2.26. The number of nitrogens with one attached hydrogen (secondary N) is 1. The fourth-order valence-corrected chi connectivity index (χ4v) is 5.12. The molecule has 10 heteroatoms. The van der Waals surface area contributed by atoms with Crippen molar-refractivity contribution in [3.05, 3.63) is 54.6 Å². The Morgan fingerprint density at radius 3 is 2.57 bits per heavy atom. The van der Waals surface area contributed by atoms with Gasteiger partial charge in [-0.2, -0.15) is 4.31 Å². The maximum atomic E-state index is 13.1. The number of furan rings is 1. The molecule has 4 aromatic rings. The van der Waals surface area contributed by atoms with Crippen molar-refractivity contribution in [3.63, 3.8) is 0 Å². The van der Waals surface area contributed by atoms with Crippen LogP contribution in [0.5, 0.6) is 17.2 Å². The number of anilines is 1. The predicted molar refractivity (Wildman–Crippen MR) is 131 cm³/mol. The van der Waals surface area contributed by atoms with Crippen LogP contribution in [-0.4, -0.2) is 52.5 Å². The van der Waals surface area contributed by atoms with Crippen LogP contribution in [0.1, 0.15) is 6.42 Å². The number of sulfonamides is 1. The van der Waals surface area contributed by atoms with Gasteiger partial charge in [-0.25, -0.2) is 8.42 Å². The number of hydrogen-bond acceptors (Lipinski definition) is 7. The zero-order chi connectivity index (χ0) is 24.6. The fraction of sp³-hybridized carbons (Fsp3) is 0.240. The van der Waals surface area contributed by atoms with Gasteiger partial charge >= 0.3 is 0 Å². The van der Waals surface area contributed by atoms with E-state index in [-0.39, 0.29) is 4.90 Å². The molecule has 0 radical (unpaired) electrons. The lowest BCUT2D eigenvalue weighted by atomic mass is 10.1. The molecular weight excluding hydrogens is 472 g/mol. The van der Waals surface area contributed by atoms with E-state index in [4.69, 9.17) is 18.6 Å². The van der Waals surface area contributed by atoms with Crippen molar-refractivity contribution in [2.75, 3.05) is 39.2 Å². The Kier molecular flexibility index (Phi) is 6.00. The van der Waals surface area contributed by atoms with Crippen LogP contribution in [0.15, 0.2) is 63.9 Å². The Morgan fingerprint density at radius 2 is 1.77 bits per heavy atom. The van der Waals surface area contributed by atoms with Gasteiger partial charge in [0.05, 0.1) is 37.5 Å². The minimum absolute atomic E-state index is 0.0123. The molecule has 0 fully saturated rings. The number of rotatable bonds is 6. The molecule has 182 valence electrons. The molecule has 5 rings (SSSR count). The van der Waals surface area contributed by atoms with Crippen LogP contribution >= 0.6 is 0 Å². The third-order valence-electron chi connectivity index (χ3n) is 5.77. The van der Waals surface area contributed by atoms with E-state index in [2.05, 4.69) is 5.32 Å². The van der Waals surface area contributed by atoms with Crippen LogP contribution in [0.25, 0.3) is 21.9 Å². The number of para-hydroxylation sites is 1. The monoisotopic (exact) mass is 496 g/mol. The van der Waals surface area contributed by atoms with Crippen molar-refractivity contribution in [3.8, 4) is 17.2 Å². The summed E-state index contributed by atoms with van der Waals surface area (Å²) in [4.78, 5) is 12.8. The van der Waals surface area contributed by atoms with Gasteiger partial charge in [-0.3, -0.25) is 4.79 Å². The zero-order valence-electron chi connectivity index (χ0n) is 19.2. The summed E-state index contributed by atoms with van der Waals surface area (Å²) < 4.78 is 49.7. The molecule has 0 unspecified atom stereocenters. The SMILES string of the molecule is COc1cc2c(cc1NC(=O)CN(C)S(=O)(=O)c1ccc3c(c1)OCCCO3)oc1ccccc12. The molecule has 1 aromatic heterocycles. The number of ether oxygens (including phenoxy) is 3. The standard InChI is InChI=1S/C25H24N2O7S/c1-27(35(29,30)16-8-9-21-24(12-16)33-11-5-10-32-21)15-25(28)26-19-14-22-18(13-23(19)31-2)17-6-3-4-7-20(17)34-22/h3-4,6-9,12-14H,5,10-11,15H2,1-2H3,(H,26,28). The molecule has 0 saturated heterocycles.